The van der Waals surface area contributed by atoms with Crippen LogP contribution in [0.5, 0.6) is 0 Å². The van der Waals surface area contributed by atoms with Gasteiger partial charge in [0.05, 0.1) is 24.3 Å². The molecule has 0 radical (unpaired) electrons. The fourth-order valence-electron chi connectivity index (χ4n) is 1.10. The highest BCUT2D eigenvalue weighted by Crippen LogP contribution is 2.32. The number of rotatable bonds is 3. The minimum Gasteiger partial charge on any atom is -0.160 e. The lowest BCUT2D eigenvalue weighted by Gasteiger charge is -2.09. The van der Waals surface area contributed by atoms with Gasteiger partial charge in [0.15, 0.2) is 0 Å². The summed E-state index contributed by atoms with van der Waals surface area (Å²) in [6, 6.07) is 4.89. The maximum atomic E-state index is 12.4. The van der Waals surface area contributed by atoms with Crippen LogP contribution in [-0.4, -0.2) is 0 Å². The number of benzene rings is 1. The van der Waals surface area contributed by atoms with Crippen molar-refractivity contribution in [3.8, 4) is 0 Å². The van der Waals surface area contributed by atoms with E-state index >= 15 is 0 Å². The fraction of sp³-hybridized carbons (Fsp3) is 0.333. The van der Waals surface area contributed by atoms with Crippen molar-refractivity contribution in [2.75, 3.05) is 0 Å². The van der Waals surface area contributed by atoms with E-state index in [0.29, 0.717) is 9.79 Å². The van der Waals surface area contributed by atoms with Crippen molar-refractivity contribution in [2.24, 2.45) is 0 Å². The molecule has 0 spiro atoms. The molecule has 0 atom stereocenters. The molecule has 0 unspecified atom stereocenters. The molecule has 0 N–H and O–H groups in total. The van der Waals surface area contributed by atoms with E-state index < -0.39 is 0 Å². The van der Waals surface area contributed by atoms with Crippen LogP contribution in [-0.2, 0) is 0 Å². The van der Waals surface area contributed by atoms with Crippen molar-refractivity contribution in [3.05, 3.63) is 23.8 Å². The first-order valence-electron chi connectivity index (χ1n) is 3.90. The van der Waals surface area contributed by atoms with Crippen LogP contribution in [0.25, 0.3) is 0 Å². The van der Waals surface area contributed by atoms with Gasteiger partial charge < -0.3 is 0 Å². The molecule has 0 nitrogen and oxygen atoms in total. The largest absolute Gasteiger partial charge is 0.160 e. The highest BCUT2D eigenvalue weighted by atomic mass is 32.2. The van der Waals surface area contributed by atoms with Gasteiger partial charge in [0.2, 0.25) is 0 Å². The highest BCUT2D eigenvalue weighted by Gasteiger charge is 2.08. The van der Waals surface area contributed by atoms with E-state index in [1.54, 1.807) is 18.2 Å². The average Bonchev–Trinajstić information content (AvgIpc) is 2.16. The molecule has 0 saturated carbocycles. The molecule has 1 rings (SSSR count). The van der Waals surface area contributed by atoms with Crippen molar-refractivity contribution in [3.63, 3.8) is 0 Å². The van der Waals surface area contributed by atoms with Gasteiger partial charge in [-0.2, -0.15) is 7.77 Å². The van der Waals surface area contributed by atoms with E-state index in [1.807, 2.05) is 13.8 Å². The van der Waals surface area contributed by atoms with Gasteiger partial charge in [-0.15, -0.1) is 0 Å². The summed E-state index contributed by atoms with van der Waals surface area (Å²) in [4.78, 5) is 1.11. The van der Waals surface area contributed by atoms with Crippen LogP contribution < -0.4 is 0 Å². The molecular formula is C9H10F2S2. The highest BCUT2D eigenvalue weighted by molar-refractivity contribution is 7.94. The monoisotopic (exact) mass is 220 g/mol. The molecule has 0 aliphatic rings. The van der Waals surface area contributed by atoms with E-state index in [2.05, 4.69) is 0 Å². The van der Waals surface area contributed by atoms with Crippen LogP contribution in [0.2, 0.25) is 0 Å². The minimum absolute atomic E-state index is 0.188. The van der Waals surface area contributed by atoms with Gasteiger partial charge in [-0.25, -0.2) is 0 Å². The number of hydrogen-bond donors (Lipinski definition) is 0. The molecular weight excluding hydrogens is 210 g/mol. The Kier molecular flexibility index (Phi) is 4.06. The van der Waals surface area contributed by atoms with E-state index in [9.17, 15) is 7.77 Å². The zero-order chi connectivity index (χ0) is 9.84. The van der Waals surface area contributed by atoms with Crippen molar-refractivity contribution >= 4 is 24.3 Å². The van der Waals surface area contributed by atoms with Crippen molar-refractivity contribution in [1.29, 1.82) is 0 Å². The molecule has 1 aromatic rings. The zero-order valence-corrected chi connectivity index (χ0v) is 9.01. The van der Waals surface area contributed by atoms with Gasteiger partial charge in [-0.3, -0.25) is 0 Å². The normalized spacial score (nSPS) is 10.8. The Morgan fingerprint density at radius 3 is 2.31 bits per heavy atom. The molecule has 4 heteroatoms. The van der Waals surface area contributed by atoms with Crippen LogP contribution in [0, 0.1) is 0 Å². The summed E-state index contributed by atoms with van der Waals surface area (Å²) in [5.74, 6) is 0.213. The second kappa shape index (κ2) is 4.86. The van der Waals surface area contributed by atoms with Gasteiger partial charge in [0, 0.05) is 9.79 Å². The van der Waals surface area contributed by atoms with Gasteiger partial charge in [0.1, 0.15) is 0 Å². The third-order valence-electron chi connectivity index (χ3n) is 1.78. The molecule has 0 aromatic heterocycles. The van der Waals surface area contributed by atoms with E-state index in [1.165, 1.54) is 0 Å². The maximum Gasteiger partial charge on any atom is 0.0815 e. The molecule has 13 heavy (non-hydrogen) atoms. The quantitative estimate of drug-likeness (QED) is 0.720. The SMILES string of the molecule is CC(C)c1cc(SF)ccc1SF. The molecule has 0 aliphatic heterocycles. The van der Waals surface area contributed by atoms with E-state index in [-0.39, 0.29) is 30.2 Å². The van der Waals surface area contributed by atoms with Gasteiger partial charge in [-0.05, 0) is 29.7 Å². The van der Waals surface area contributed by atoms with E-state index in [4.69, 9.17) is 0 Å². The van der Waals surface area contributed by atoms with Gasteiger partial charge in [-0.1, -0.05) is 13.8 Å². The average molecular weight is 220 g/mol. The lowest BCUT2D eigenvalue weighted by atomic mass is 10.0. The predicted octanol–water partition coefficient (Wildman–Crippen LogP) is 4.76. The van der Waals surface area contributed by atoms with Crippen molar-refractivity contribution in [1.82, 2.24) is 0 Å². The summed E-state index contributed by atoms with van der Waals surface area (Å²) >= 11 is 0.399. The Balaban J connectivity index is 3.10. The maximum absolute atomic E-state index is 12.4. The van der Waals surface area contributed by atoms with Crippen LogP contribution >= 0.6 is 24.3 Å². The van der Waals surface area contributed by atoms with Crippen molar-refractivity contribution < 1.29 is 7.77 Å². The molecule has 0 aliphatic carbocycles. The zero-order valence-electron chi connectivity index (χ0n) is 7.38. The van der Waals surface area contributed by atoms with Crippen LogP contribution in [0.15, 0.2) is 28.0 Å². The first kappa shape index (κ1) is 10.9. The Bertz CT molecular complexity index is 287. The van der Waals surface area contributed by atoms with Crippen LogP contribution in [0.3, 0.4) is 0 Å². The summed E-state index contributed by atoms with van der Waals surface area (Å²) < 4.78 is 24.6. The molecule has 0 heterocycles. The summed E-state index contributed by atoms with van der Waals surface area (Å²) in [6.45, 7) is 3.92. The van der Waals surface area contributed by atoms with Gasteiger partial charge in [0.25, 0.3) is 0 Å². The lowest BCUT2D eigenvalue weighted by molar-refractivity contribution is 0.826. The first-order valence-corrected chi connectivity index (χ1v) is 5.33. The summed E-state index contributed by atoms with van der Waals surface area (Å²) in [6.07, 6.45) is 0. The number of hydrogen-bond acceptors (Lipinski definition) is 2. The Morgan fingerprint density at radius 2 is 1.85 bits per heavy atom. The second-order valence-electron chi connectivity index (χ2n) is 3.01. The van der Waals surface area contributed by atoms with Crippen molar-refractivity contribution in [2.45, 2.75) is 29.6 Å². The Morgan fingerprint density at radius 1 is 1.15 bits per heavy atom. The summed E-state index contributed by atoms with van der Waals surface area (Å²) in [5.41, 5.74) is 0.857. The molecule has 0 amide bonds. The minimum atomic E-state index is 0.188. The topological polar surface area (TPSA) is 0 Å². The van der Waals surface area contributed by atoms with E-state index in [0.717, 1.165) is 5.56 Å². The fourth-order valence-corrected chi connectivity index (χ4v) is 1.89. The van der Waals surface area contributed by atoms with Gasteiger partial charge >= 0.3 is 0 Å². The Hall–Kier alpha value is -0.220. The second-order valence-corrected chi connectivity index (χ2v) is 4.23. The third kappa shape index (κ3) is 2.61. The third-order valence-corrected chi connectivity index (χ3v) is 2.75. The van der Waals surface area contributed by atoms with Crippen LogP contribution in [0.1, 0.15) is 25.3 Å². The summed E-state index contributed by atoms with van der Waals surface area (Å²) in [7, 11) is 0. The molecule has 72 valence electrons. The predicted molar refractivity (Wildman–Crippen MR) is 54.5 cm³/mol. The number of halogens is 2. The smallest absolute Gasteiger partial charge is 0.0815 e. The molecule has 0 saturated heterocycles. The molecule has 1 aromatic carbocycles. The molecule has 0 fully saturated rings. The Labute approximate surface area is 85.7 Å². The lowest BCUT2D eigenvalue weighted by Crippen LogP contribution is -1.90. The van der Waals surface area contributed by atoms with Crippen LogP contribution in [0.4, 0.5) is 7.77 Å². The standard InChI is InChI=1S/C9H10F2S2/c1-6(2)8-5-7(12-10)3-4-9(8)13-11/h3-6H,1-2H3. The molecule has 0 bridgehead atoms. The first-order chi connectivity index (χ1) is 6.19. The summed E-state index contributed by atoms with van der Waals surface area (Å²) in [5, 5.41) is 0.